The van der Waals surface area contributed by atoms with Gasteiger partial charge in [0.25, 0.3) is 0 Å². The van der Waals surface area contributed by atoms with Gasteiger partial charge in [0.05, 0.1) is 29.2 Å². The van der Waals surface area contributed by atoms with Crippen LogP contribution in [-0.2, 0) is 43.8 Å². The number of nitrogens with zero attached hydrogens (tertiary/aromatic N) is 5. The molecule has 0 saturated heterocycles. The van der Waals surface area contributed by atoms with Gasteiger partial charge in [-0.3, -0.25) is 4.68 Å². The number of aromatic nitrogens is 5. The van der Waals surface area contributed by atoms with Crippen LogP contribution in [0.5, 0.6) is 0 Å². The lowest BCUT2D eigenvalue weighted by Gasteiger charge is -2.01. The van der Waals surface area contributed by atoms with Gasteiger partial charge < -0.3 is 29.6 Å². The summed E-state index contributed by atoms with van der Waals surface area (Å²) in [4.78, 5) is 2.76. The predicted octanol–water partition coefficient (Wildman–Crippen LogP) is -1.30. The van der Waals surface area contributed by atoms with Crippen LogP contribution >= 0.6 is 22.7 Å². The monoisotopic (exact) mass is 601 g/mol. The fraction of sp³-hybridized carbons (Fsp3) is 0.310. The Morgan fingerprint density at radius 3 is 1.87 bits per heavy atom. The summed E-state index contributed by atoms with van der Waals surface area (Å²) >= 11 is 3.62. The van der Waals surface area contributed by atoms with Crippen LogP contribution < -0.4 is 33.9 Å². The maximum atomic E-state index is 5.94. The normalized spacial score (nSPS) is 10.7. The van der Waals surface area contributed by atoms with Crippen LogP contribution in [0.1, 0.15) is 38.0 Å². The molecule has 0 aliphatic rings. The van der Waals surface area contributed by atoms with Crippen molar-refractivity contribution in [2.24, 2.45) is 0 Å². The predicted molar refractivity (Wildman–Crippen MR) is 147 cm³/mol. The van der Waals surface area contributed by atoms with Gasteiger partial charge in [-0.15, -0.1) is 5.10 Å². The van der Waals surface area contributed by atoms with E-state index in [-0.39, 0.29) is 24.8 Å². The molecule has 3 aromatic heterocycles. The zero-order valence-electron chi connectivity index (χ0n) is 22.2. The lowest BCUT2D eigenvalue weighted by Crippen LogP contribution is -3.00. The van der Waals surface area contributed by atoms with Crippen molar-refractivity contribution < 1.29 is 38.7 Å². The Bertz CT molecular complexity index is 1420. The molecule has 5 aromatic rings. The summed E-state index contributed by atoms with van der Waals surface area (Å²) in [6.07, 6.45) is 3.86. The first-order valence-corrected chi connectivity index (χ1v) is 14.4. The Morgan fingerprint density at radius 1 is 0.769 bits per heavy atom. The summed E-state index contributed by atoms with van der Waals surface area (Å²) in [5.74, 6) is 0. The molecule has 206 valence electrons. The maximum Gasteiger partial charge on any atom is 0.225 e. The Labute approximate surface area is 250 Å². The van der Waals surface area contributed by atoms with E-state index in [9.17, 15) is 0 Å². The van der Waals surface area contributed by atoms with Crippen LogP contribution in [0, 0.1) is 13.8 Å². The highest BCUT2D eigenvalue weighted by Crippen LogP contribution is 2.15. The second-order valence-electron chi connectivity index (χ2n) is 9.22. The molecule has 0 bridgehead atoms. The molecular formula is C29H33Cl2N5OS2. The Morgan fingerprint density at radius 2 is 1.31 bits per heavy atom. The average Bonchev–Trinajstić information content (AvgIpc) is 3.62. The van der Waals surface area contributed by atoms with E-state index in [1.807, 2.05) is 22.2 Å². The van der Waals surface area contributed by atoms with Crippen molar-refractivity contribution in [3.8, 4) is 0 Å². The van der Waals surface area contributed by atoms with E-state index in [0.29, 0.717) is 13.2 Å². The van der Waals surface area contributed by atoms with Gasteiger partial charge in [-0.2, -0.15) is 9.13 Å². The minimum absolute atomic E-state index is 0. The van der Waals surface area contributed by atoms with E-state index in [4.69, 9.17) is 4.74 Å². The summed E-state index contributed by atoms with van der Waals surface area (Å²) in [6, 6.07) is 21.2. The van der Waals surface area contributed by atoms with Crippen LogP contribution in [0.2, 0.25) is 0 Å². The van der Waals surface area contributed by atoms with Gasteiger partial charge >= 0.3 is 0 Å². The molecular weight excluding hydrogens is 569 g/mol. The molecule has 6 nitrogen and oxygen atoms in total. The molecule has 2 aromatic carbocycles. The fourth-order valence-electron chi connectivity index (χ4n) is 4.33. The summed E-state index contributed by atoms with van der Waals surface area (Å²) in [5, 5.41) is 8.62. The van der Waals surface area contributed by atoms with Crippen molar-refractivity contribution in [3.63, 3.8) is 0 Å². The van der Waals surface area contributed by atoms with Crippen molar-refractivity contribution >= 4 is 22.7 Å². The number of rotatable bonds is 12. The van der Waals surface area contributed by atoms with E-state index in [1.165, 1.54) is 32.3 Å². The zero-order valence-corrected chi connectivity index (χ0v) is 25.3. The number of hydrogen-bond acceptors (Lipinski definition) is 5. The van der Waals surface area contributed by atoms with Crippen molar-refractivity contribution in [1.29, 1.82) is 0 Å². The van der Waals surface area contributed by atoms with Crippen LogP contribution in [0.4, 0.5) is 0 Å². The van der Waals surface area contributed by atoms with Gasteiger partial charge in [0.1, 0.15) is 5.69 Å². The van der Waals surface area contributed by atoms with Crippen molar-refractivity contribution in [1.82, 2.24) is 15.0 Å². The Hall–Kier alpha value is -2.62. The average molecular weight is 603 g/mol. The molecule has 39 heavy (non-hydrogen) atoms. The molecule has 10 heteroatoms. The number of ether oxygens (including phenoxy) is 1. The SMILES string of the molecule is Cc1c(CCOCc2cn(CCc3sc[n+](Cc4ccccc4)c3C)nn2)sc[n+]1Cc1ccccc1.[Cl-].[Cl-]. The van der Waals surface area contributed by atoms with Crippen LogP contribution in [0.3, 0.4) is 0 Å². The standard InChI is InChI=1S/C29H33N5OS2.2ClH/c1-23-28(36-21-32(23)17-25-9-5-3-6-10-25)13-15-34-19-27(30-31-34)20-35-16-14-29-24(2)33(22-37-29)18-26-11-7-4-8-12-26;;/h3-12,19,21-22H,13-18,20H2,1-2H3;2*1H/q+2;;/p-2. The summed E-state index contributed by atoms with van der Waals surface area (Å²) in [7, 11) is 0. The first kappa shape index (κ1) is 30.9. The van der Waals surface area contributed by atoms with Crippen molar-refractivity contribution in [3.05, 3.63) is 116 Å². The molecule has 5 rings (SSSR count). The maximum absolute atomic E-state index is 5.94. The summed E-state index contributed by atoms with van der Waals surface area (Å²) in [6.45, 7) is 8.19. The van der Waals surface area contributed by atoms with E-state index < -0.39 is 0 Å². The minimum Gasteiger partial charge on any atom is -1.00 e. The van der Waals surface area contributed by atoms with E-state index in [1.54, 1.807) is 11.3 Å². The Balaban J connectivity index is 0.00000210. The molecule has 0 radical (unpaired) electrons. The molecule has 0 aliphatic heterocycles. The third-order valence-corrected chi connectivity index (χ3v) is 8.87. The second kappa shape index (κ2) is 15.2. The molecule has 0 aliphatic carbocycles. The van der Waals surface area contributed by atoms with Gasteiger partial charge in [-0.05, 0) is 0 Å². The fourth-order valence-corrected chi connectivity index (χ4v) is 6.29. The molecule has 3 heterocycles. The molecule has 0 unspecified atom stereocenters. The quantitative estimate of drug-likeness (QED) is 0.132. The topological polar surface area (TPSA) is 47.7 Å². The zero-order chi connectivity index (χ0) is 25.5. The van der Waals surface area contributed by atoms with Gasteiger partial charge in [-0.1, -0.05) is 88.6 Å². The number of aryl methyl sites for hydroxylation is 2. The Kier molecular flexibility index (Phi) is 12.1. The number of hydrogen-bond donors (Lipinski definition) is 0. The smallest absolute Gasteiger partial charge is 0.225 e. The molecule has 0 atom stereocenters. The van der Waals surface area contributed by atoms with E-state index in [2.05, 4.69) is 105 Å². The summed E-state index contributed by atoms with van der Waals surface area (Å²) in [5.41, 5.74) is 10.6. The van der Waals surface area contributed by atoms with E-state index >= 15 is 0 Å². The minimum atomic E-state index is 0. The lowest BCUT2D eigenvalue weighted by atomic mass is 10.2. The first-order chi connectivity index (χ1) is 18.2. The third-order valence-electron chi connectivity index (χ3n) is 6.58. The molecule has 0 saturated carbocycles. The van der Waals surface area contributed by atoms with Crippen LogP contribution in [0.15, 0.2) is 77.9 Å². The first-order valence-electron chi connectivity index (χ1n) is 12.6. The van der Waals surface area contributed by atoms with Crippen LogP contribution in [0.25, 0.3) is 0 Å². The van der Waals surface area contributed by atoms with Gasteiger partial charge in [-0.25, -0.2) is 0 Å². The van der Waals surface area contributed by atoms with Gasteiger partial charge in [0.2, 0.25) is 11.0 Å². The van der Waals surface area contributed by atoms with Crippen LogP contribution in [-0.4, -0.2) is 21.6 Å². The number of halogens is 2. The third kappa shape index (κ3) is 8.43. The lowest BCUT2D eigenvalue weighted by molar-refractivity contribution is -0.689. The summed E-state index contributed by atoms with van der Waals surface area (Å²) < 4.78 is 12.5. The highest BCUT2D eigenvalue weighted by Gasteiger charge is 2.17. The van der Waals surface area contributed by atoms with E-state index in [0.717, 1.165) is 38.2 Å². The van der Waals surface area contributed by atoms with Gasteiger partial charge in [0, 0.05) is 44.4 Å². The number of thiazole rings is 2. The largest absolute Gasteiger partial charge is 1.00 e. The molecule has 0 N–H and O–H groups in total. The number of benzene rings is 2. The second-order valence-corrected chi connectivity index (χ2v) is 11.1. The highest BCUT2D eigenvalue weighted by atomic mass is 35.5. The van der Waals surface area contributed by atoms with Gasteiger partial charge in [0.15, 0.2) is 24.5 Å². The highest BCUT2D eigenvalue weighted by molar-refractivity contribution is 7.09. The van der Waals surface area contributed by atoms with Crippen molar-refractivity contribution in [2.75, 3.05) is 6.61 Å². The molecule has 0 amide bonds. The van der Waals surface area contributed by atoms with Crippen molar-refractivity contribution in [2.45, 2.75) is 52.9 Å². The molecule has 0 fully saturated rings. The molecule has 0 spiro atoms.